The average Bonchev–Trinajstić information content (AvgIpc) is 2.83. The number of hydrogen-bond acceptors (Lipinski definition) is 3. The van der Waals surface area contributed by atoms with Gasteiger partial charge < -0.3 is 4.74 Å². The molecule has 0 radical (unpaired) electrons. The molecule has 4 aliphatic rings. The van der Waals surface area contributed by atoms with Crippen LogP contribution in [0.3, 0.4) is 0 Å². The van der Waals surface area contributed by atoms with Gasteiger partial charge in [0.2, 0.25) is 0 Å². The fourth-order valence-electron chi connectivity index (χ4n) is 5.44. The molecule has 0 unspecified atom stereocenters. The highest BCUT2D eigenvalue weighted by Gasteiger charge is 2.58. The fourth-order valence-corrected chi connectivity index (χ4v) is 5.44. The van der Waals surface area contributed by atoms with Gasteiger partial charge in [-0.2, -0.15) is 0 Å². The van der Waals surface area contributed by atoms with E-state index in [0.717, 1.165) is 31.4 Å². The third-order valence-electron chi connectivity index (χ3n) is 6.58. The molecule has 3 nitrogen and oxygen atoms in total. The number of ether oxygens (including phenoxy) is 1. The molecule has 0 aromatic rings. The van der Waals surface area contributed by atoms with E-state index in [-0.39, 0.29) is 22.6 Å². The van der Waals surface area contributed by atoms with Crippen molar-refractivity contribution in [3.05, 3.63) is 23.8 Å². The van der Waals surface area contributed by atoms with Gasteiger partial charge in [-0.05, 0) is 56.1 Å². The highest BCUT2D eigenvalue weighted by Crippen LogP contribution is 2.60. The smallest absolute Gasteiger partial charge is 0.178 e. The minimum Gasteiger partial charge on any atom is -0.375 e. The molecule has 0 bridgehead atoms. The lowest BCUT2D eigenvalue weighted by Gasteiger charge is -2.54. The van der Waals surface area contributed by atoms with Crippen LogP contribution in [0.25, 0.3) is 0 Å². The van der Waals surface area contributed by atoms with Crippen molar-refractivity contribution in [2.75, 3.05) is 6.61 Å². The van der Waals surface area contributed by atoms with Crippen LogP contribution < -0.4 is 0 Å². The van der Waals surface area contributed by atoms with Gasteiger partial charge in [0.05, 0.1) is 5.60 Å². The van der Waals surface area contributed by atoms with E-state index in [1.54, 1.807) is 12.2 Å². The molecule has 3 fully saturated rings. The van der Waals surface area contributed by atoms with E-state index in [1.807, 2.05) is 6.08 Å². The number of rotatable bonds is 0. The Morgan fingerprint density at radius 3 is 2.81 bits per heavy atom. The quantitative estimate of drug-likeness (QED) is 0.687. The third-order valence-corrected chi connectivity index (χ3v) is 6.58. The zero-order valence-electron chi connectivity index (χ0n) is 12.7. The predicted octanol–water partition coefficient (Wildman–Crippen LogP) is 2.85. The number of carbonyl (C=O) groups is 2. The van der Waals surface area contributed by atoms with Crippen LogP contribution in [-0.2, 0) is 14.3 Å². The summed E-state index contributed by atoms with van der Waals surface area (Å²) < 4.78 is 6.02. The second-order valence-corrected chi connectivity index (χ2v) is 7.57. The van der Waals surface area contributed by atoms with Crippen molar-refractivity contribution in [3.8, 4) is 0 Å². The monoisotopic (exact) mass is 286 g/mol. The maximum atomic E-state index is 12.6. The van der Waals surface area contributed by atoms with Crippen molar-refractivity contribution in [1.82, 2.24) is 0 Å². The molecular formula is C18H22O3. The van der Waals surface area contributed by atoms with E-state index in [1.165, 1.54) is 0 Å². The average molecular weight is 286 g/mol. The van der Waals surface area contributed by atoms with Gasteiger partial charge >= 0.3 is 0 Å². The molecule has 1 saturated heterocycles. The lowest BCUT2D eigenvalue weighted by Crippen LogP contribution is -2.53. The summed E-state index contributed by atoms with van der Waals surface area (Å²) in [7, 11) is 0. The van der Waals surface area contributed by atoms with Crippen molar-refractivity contribution >= 4 is 11.6 Å². The molecule has 0 spiro atoms. The summed E-state index contributed by atoms with van der Waals surface area (Å²) in [4.78, 5) is 24.3. The summed E-state index contributed by atoms with van der Waals surface area (Å²) in [6.07, 6.45) is 9.04. The van der Waals surface area contributed by atoms with E-state index in [0.29, 0.717) is 24.2 Å². The Kier molecular flexibility index (Phi) is 2.66. The lowest BCUT2D eigenvalue weighted by molar-refractivity contribution is -0.129. The van der Waals surface area contributed by atoms with Gasteiger partial charge in [-0.25, -0.2) is 0 Å². The number of carbonyl (C=O) groups excluding carboxylic acids is 2. The van der Waals surface area contributed by atoms with E-state index in [9.17, 15) is 9.59 Å². The normalized spacial score (nSPS) is 48.5. The molecule has 0 aromatic heterocycles. The highest BCUT2D eigenvalue weighted by molar-refractivity contribution is 6.10. The first kappa shape index (κ1) is 13.4. The van der Waals surface area contributed by atoms with Gasteiger partial charge in [0.1, 0.15) is 0 Å². The molecule has 0 aromatic carbocycles. The van der Waals surface area contributed by atoms with Gasteiger partial charge in [-0.15, -0.1) is 0 Å². The van der Waals surface area contributed by atoms with Crippen LogP contribution in [0.2, 0.25) is 0 Å². The number of fused-ring (bicyclic) bond motifs is 5. The standard InChI is InChI=1S/C18H22O3/c1-17-6-3-11(19)9-15(17)16(20)10-12-13(17)4-7-18(2)14(12)5-8-21-18/h3,6,9,12-14H,4-5,7-8,10H2,1-2H3/t12-,13+,14+,17-,18+/m1/s1. The van der Waals surface area contributed by atoms with Crippen molar-refractivity contribution < 1.29 is 14.3 Å². The van der Waals surface area contributed by atoms with Crippen LogP contribution in [-0.4, -0.2) is 23.8 Å². The summed E-state index contributed by atoms with van der Waals surface area (Å²) in [5.74, 6) is 1.49. The first-order chi connectivity index (χ1) is 9.94. The number of Topliss-reactive ketones (excluding diaryl/α,β-unsaturated/α-hetero) is 1. The van der Waals surface area contributed by atoms with E-state index >= 15 is 0 Å². The second-order valence-electron chi connectivity index (χ2n) is 7.57. The minimum atomic E-state index is -0.252. The molecule has 3 aliphatic carbocycles. The van der Waals surface area contributed by atoms with Gasteiger partial charge in [-0.1, -0.05) is 13.0 Å². The van der Waals surface area contributed by atoms with Crippen LogP contribution in [0.15, 0.2) is 23.8 Å². The predicted molar refractivity (Wildman–Crippen MR) is 78.6 cm³/mol. The van der Waals surface area contributed by atoms with Crippen LogP contribution in [0, 0.1) is 23.2 Å². The molecule has 5 atom stereocenters. The van der Waals surface area contributed by atoms with E-state index in [2.05, 4.69) is 13.8 Å². The van der Waals surface area contributed by atoms with Crippen LogP contribution >= 0.6 is 0 Å². The lowest BCUT2D eigenvalue weighted by atomic mass is 9.50. The third kappa shape index (κ3) is 1.70. The number of hydrogen-bond donors (Lipinski definition) is 0. The molecule has 4 rings (SSSR count). The molecule has 2 saturated carbocycles. The zero-order chi connectivity index (χ0) is 14.8. The van der Waals surface area contributed by atoms with Gasteiger partial charge in [0, 0.05) is 24.0 Å². The molecular weight excluding hydrogens is 264 g/mol. The minimum absolute atomic E-state index is 0.0345. The summed E-state index contributed by atoms with van der Waals surface area (Å²) in [6.45, 7) is 5.20. The van der Waals surface area contributed by atoms with Crippen molar-refractivity contribution in [2.24, 2.45) is 23.2 Å². The second kappa shape index (κ2) is 4.16. The highest BCUT2D eigenvalue weighted by atomic mass is 16.5. The Bertz CT molecular complexity index is 587. The first-order valence-electron chi connectivity index (χ1n) is 8.06. The summed E-state index contributed by atoms with van der Waals surface area (Å²) in [6, 6.07) is 0. The van der Waals surface area contributed by atoms with Gasteiger partial charge in [-0.3, -0.25) is 9.59 Å². The summed E-state index contributed by atoms with van der Waals surface area (Å²) in [5, 5.41) is 0. The summed E-state index contributed by atoms with van der Waals surface area (Å²) >= 11 is 0. The van der Waals surface area contributed by atoms with Crippen LogP contribution in [0.5, 0.6) is 0 Å². The zero-order valence-corrected chi connectivity index (χ0v) is 12.7. The number of allylic oxidation sites excluding steroid dienone is 4. The fraction of sp³-hybridized carbons (Fsp3) is 0.667. The molecule has 1 aliphatic heterocycles. The SMILES string of the molecule is C[C@]12C=CC(=O)C=C1C(=O)C[C@@H]1[C@@H]2CC[C@]2(C)OCC[C@@H]12. The molecule has 3 heteroatoms. The van der Waals surface area contributed by atoms with Crippen molar-refractivity contribution in [3.63, 3.8) is 0 Å². The molecule has 0 N–H and O–H groups in total. The maximum absolute atomic E-state index is 12.6. The van der Waals surface area contributed by atoms with Crippen molar-refractivity contribution in [1.29, 1.82) is 0 Å². The van der Waals surface area contributed by atoms with E-state index < -0.39 is 0 Å². The maximum Gasteiger partial charge on any atom is 0.178 e. The largest absolute Gasteiger partial charge is 0.375 e. The van der Waals surface area contributed by atoms with E-state index in [4.69, 9.17) is 4.74 Å². The molecule has 21 heavy (non-hydrogen) atoms. The van der Waals surface area contributed by atoms with Crippen molar-refractivity contribution in [2.45, 2.75) is 45.1 Å². The first-order valence-corrected chi connectivity index (χ1v) is 8.06. The number of ketones is 2. The molecule has 0 amide bonds. The Balaban J connectivity index is 1.77. The summed E-state index contributed by atoms with van der Waals surface area (Å²) in [5.41, 5.74) is 0.462. The topological polar surface area (TPSA) is 43.4 Å². The van der Waals surface area contributed by atoms with Gasteiger partial charge in [0.25, 0.3) is 0 Å². The molecule has 112 valence electrons. The van der Waals surface area contributed by atoms with Crippen LogP contribution in [0.4, 0.5) is 0 Å². The Morgan fingerprint density at radius 1 is 1.19 bits per heavy atom. The Labute approximate surface area is 125 Å². The Hall–Kier alpha value is -1.22. The Morgan fingerprint density at radius 2 is 2.00 bits per heavy atom. The van der Waals surface area contributed by atoms with Crippen LogP contribution in [0.1, 0.15) is 39.5 Å². The van der Waals surface area contributed by atoms with Gasteiger partial charge in [0.15, 0.2) is 11.6 Å². The molecule has 1 heterocycles.